The van der Waals surface area contributed by atoms with Crippen molar-refractivity contribution in [1.29, 1.82) is 0 Å². The fourth-order valence-corrected chi connectivity index (χ4v) is 2.61. The molecule has 4 nitrogen and oxygen atoms in total. The van der Waals surface area contributed by atoms with Crippen LogP contribution in [0.2, 0.25) is 10.0 Å². The topological polar surface area (TPSA) is 47.0 Å². The SMILES string of the molecule is C=c1[nH]n(-c2ccc(Cl)c(Cl)c2)c(=O)/c1=C\c1ccc(OC)cc1. The zero-order chi connectivity index (χ0) is 17.3. The summed E-state index contributed by atoms with van der Waals surface area (Å²) in [6.07, 6.45) is 1.77. The van der Waals surface area contributed by atoms with Crippen molar-refractivity contribution in [3.63, 3.8) is 0 Å². The van der Waals surface area contributed by atoms with E-state index in [9.17, 15) is 4.79 Å². The fourth-order valence-electron chi connectivity index (χ4n) is 2.32. The van der Waals surface area contributed by atoms with E-state index in [0.717, 1.165) is 11.3 Å². The Morgan fingerprint density at radius 2 is 1.83 bits per heavy atom. The Kier molecular flexibility index (Phi) is 4.51. The summed E-state index contributed by atoms with van der Waals surface area (Å²) in [5.41, 5.74) is 1.25. The van der Waals surface area contributed by atoms with Crippen molar-refractivity contribution in [3.8, 4) is 11.4 Å². The Hall–Kier alpha value is -2.43. The number of nitrogens with one attached hydrogen (secondary N) is 1. The molecule has 0 aliphatic heterocycles. The second kappa shape index (κ2) is 6.59. The molecule has 0 saturated heterocycles. The molecule has 1 heterocycles. The molecule has 0 atom stereocenters. The van der Waals surface area contributed by atoms with Gasteiger partial charge >= 0.3 is 0 Å². The van der Waals surface area contributed by atoms with Crippen molar-refractivity contribution < 1.29 is 4.74 Å². The van der Waals surface area contributed by atoms with Crippen molar-refractivity contribution in [1.82, 2.24) is 9.78 Å². The lowest BCUT2D eigenvalue weighted by molar-refractivity contribution is 0.415. The minimum Gasteiger partial charge on any atom is -0.497 e. The van der Waals surface area contributed by atoms with Gasteiger partial charge in [-0.05, 0) is 42.0 Å². The van der Waals surface area contributed by atoms with Gasteiger partial charge in [0.25, 0.3) is 5.56 Å². The van der Waals surface area contributed by atoms with Crippen molar-refractivity contribution in [2.75, 3.05) is 7.11 Å². The van der Waals surface area contributed by atoms with E-state index in [1.54, 1.807) is 31.4 Å². The van der Waals surface area contributed by atoms with Crippen LogP contribution in [0.5, 0.6) is 5.75 Å². The molecule has 0 aliphatic rings. The molecule has 0 radical (unpaired) electrons. The average Bonchev–Trinajstić information content (AvgIpc) is 2.86. The van der Waals surface area contributed by atoms with Gasteiger partial charge in [-0.25, -0.2) is 4.68 Å². The molecular weight excluding hydrogens is 347 g/mol. The molecule has 0 amide bonds. The van der Waals surface area contributed by atoms with Crippen molar-refractivity contribution in [2.45, 2.75) is 0 Å². The Labute approximate surface area is 148 Å². The number of ether oxygens (including phenoxy) is 1. The van der Waals surface area contributed by atoms with Crippen LogP contribution in [0.1, 0.15) is 5.56 Å². The van der Waals surface area contributed by atoms with Crippen LogP contribution in [0.3, 0.4) is 0 Å². The molecule has 1 aromatic heterocycles. The maximum Gasteiger partial charge on any atom is 0.279 e. The standard InChI is InChI=1S/C18H14Cl2N2O2/c1-11-15(9-12-3-6-14(24-2)7-4-12)18(23)22(21-11)13-5-8-16(19)17(20)10-13/h3-10,21H,1H2,2H3/b15-9-. The number of aromatic amines is 1. The first-order chi connectivity index (χ1) is 11.5. The lowest BCUT2D eigenvalue weighted by atomic mass is 10.2. The predicted molar refractivity (Wildman–Crippen MR) is 97.7 cm³/mol. The number of nitrogens with zero attached hydrogens (tertiary/aromatic N) is 1. The molecule has 0 saturated carbocycles. The summed E-state index contributed by atoms with van der Waals surface area (Å²) in [6.45, 7) is 3.91. The summed E-state index contributed by atoms with van der Waals surface area (Å²) in [4.78, 5) is 12.7. The molecular formula is C18H14Cl2N2O2. The molecule has 3 rings (SSSR count). The van der Waals surface area contributed by atoms with Gasteiger partial charge in [-0.15, -0.1) is 0 Å². The third kappa shape index (κ3) is 3.11. The molecule has 3 aromatic rings. The van der Waals surface area contributed by atoms with Gasteiger partial charge in [-0.1, -0.05) is 41.9 Å². The largest absolute Gasteiger partial charge is 0.497 e. The van der Waals surface area contributed by atoms with E-state index in [-0.39, 0.29) is 5.56 Å². The van der Waals surface area contributed by atoms with Crippen LogP contribution in [-0.2, 0) is 0 Å². The third-order valence-electron chi connectivity index (χ3n) is 3.59. The van der Waals surface area contributed by atoms with Crippen LogP contribution in [0.4, 0.5) is 0 Å². The van der Waals surface area contributed by atoms with E-state index in [0.29, 0.717) is 26.3 Å². The highest BCUT2D eigenvalue weighted by molar-refractivity contribution is 6.42. The number of aromatic nitrogens is 2. The molecule has 0 aliphatic carbocycles. The first kappa shape index (κ1) is 16.4. The number of H-pyrrole nitrogens is 1. The number of benzene rings is 2. The second-order valence-electron chi connectivity index (χ2n) is 5.16. The normalized spacial score (nSPS) is 11.7. The summed E-state index contributed by atoms with van der Waals surface area (Å²) in [5.74, 6) is 0.754. The Morgan fingerprint density at radius 3 is 2.46 bits per heavy atom. The molecule has 0 unspecified atom stereocenters. The first-order valence-corrected chi connectivity index (χ1v) is 7.86. The number of hydrogen-bond donors (Lipinski definition) is 1. The van der Waals surface area contributed by atoms with Gasteiger partial charge in [0.05, 0.1) is 33.4 Å². The summed E-state index contributed by atoms with van der Waals surface area (Å²) in [6, 6.07) is 12.4. The van der Waals surface area contributed by atoms with Crippen LogP contribution >= 0.6 is 23.2 Å². The molecule has 122 valence electrons. The third-order valence-corrected chi connectivity index (χ3v) is 4.33. The van der Waals surface area contributed by atoms with Crippen LogP contribution < -0.4 is 20.9 Å². The summed E-state index contributed by atoms with van der Waals surface area (Å²) in [5, 5.41) is 4.76. The van der Waals surface area contributed by atoms with E-state index in [1.165, 1.54) is 4.68 Å². The molecule has 1 N–H and O–H groups in total. The minimum absolute atomic E-state index is 0.214. The summed E-state index contributed by atoms with van der Waals surface area (Å²) in [7, 11) is 1.61. The van der Waals surface area contributed by atoms with Gasteiger partial charge in [-0.3, -0.25) is 9.89 Å². The van der Waals surface area contributed by atoms with E-state index >= 15 is 0 Å². The van der Waals surface area contributed by atoms with Gasteiger partial charge in [0.1, 0.15) is 5.75 Å². The smallest absolute Gasteiger partial charge is 0.279 e. The zero-order valence-electron chi connectivity index (χ0n) is 12.8. The second-order valence-corrected chi connectivity index (χ2v) is 5.97. The van der Waals surface area contributed by atoms with Crippen molar-refractivity contribution >= 4 is 35.9 Å². The van der Waals surface area contributed by atoms with Gasteiger partial charge < -0.3 is 4.74 Å². The molecule has 0 spiro atoms. The van der Waals surface area contributed by atoms with Crippen LogP contribution in [-0.4, -0.2) is 16.9 Å². The Bertz CT molecular complexity index is 1050. The molecule has 2 aromatic carbocycles. The Balaban J connectivity index is 2.12. The Morgan fingerprint density at radius 1 is 1.12 bits per heavy atom. The maximum absolute atomic E-state index is 12.7. The molecule has 6 heteroatoms. The van der Waals surface area contributed by atoms with Crippen LogP contribution in [0.15, 0.2) is 47.3 Å². The summed E-state index contributed by atoms with van der Waals surface area (Å²) < 4.78 is 6.52. The van der Waals surface area contributed by atoms with E-state index in [1.807, 2.05) is 24.3 Å². The molecule has 0 bridgehead atoms. The maximum atomic E-state index is 12.7. The average molecular weight is 361 g/mol. The van der Waals surface area contributed by atoms with Gasteiger partial charge in [-0.2, -0.15) is 0 Å². The van der Waals surface area contributed by atoms with Crippen molar-refractivity contribution in [3.05, 3.63) is 79.0 Å². The fraction of sp³-hybridized carbons (Fsp3) is 0.0556. The molecule has 24 heavy (non-hydrogen) atoms. The summed E-state index contributed by atoms with van der Waals surface area (Å²) >= 11 is 11.9. The van der Waals surface area contributed by atoms with E-state index in [2.05, 4.69) is 11.7 Å². The number of halogens is 2. The number of methoxy groups -OCH3 is 1. The minimum atomic E-state index is -0.214. The van der Waals surface area contributed by atoms with Crippen LogP contribution in [0.25, 0.3) is 18.3 Å². The predicted octanol–water partition coefficient (Wildman–Crippen LogP) is 2.72. The number of hydrogen-bond acceptors (Lipinski definition) is 2. The lowest BCUT2D eigenvalue weighted by Gasteiger charge is -2.02. The van der Waals surface area contributed by atoms with E-state index < -0.39 is 0 Å². The molecule has 0 fully saturated rings. The van der Waals surface area contributed by atoms with Gasteiger partial charge in [0.2, 0.25) is 0 Å². The quantitative estimate of drug-likeness (QED) is 0.780. The van der Waals surface area contributed by atoms with Crippen molar-refractivity contribution in [2.24, 2.45) is 0 Å². The van der Waals surface area contributed by atoms with Gasteiger partial charge in [0.15, 0.2) is 0 Å². The lowest BCUT2D eigenvalue weighted by Crippen LogP contribution is -2.33. The highest BCUT2D eigenvalue weighted by Crippen LogP contribution is 2.23. The van der Waals surface area contributed by atoms with Crippen LogP contribution in [0, 0.1) is 0 Å². The van der Waals surface area contributed by atoms with Gasteiger partial charge in [0, 0.05) is 0 Å². The highest BCUT2D eigenvalue weighted by atomic mass is 35.5. The van der Waals surface area contributed by atoms with E-state index in [4.69, 9.17) is 27.9 Å². The number of rotatable bonds is 3. The highest BCUT2D eigenvalue weighted by Gasteiger charge is 2.07. The monoisotopic (exact) mass is 360 g/mol. The first-order valence-electron chi connectivity index (χ1n) is 7.11. The zero-order valence-corrected chi connectivity index (χ0v) is 14.4.